The van der Waals surface area contributed by atoms with Crippen molar-refractivity contribution in [3.05, 3.63) is 48.2 Å². The number of hydroxylamine groups is 1. The van der Waals surface area contributed by atoms with E-state index in [9.17, 15) is 4.79 Å². The number of ether oxygens (including phenoxy) is 1. The van der Waals surface area contributed by atoms with Crippen LogP contribution < -0.4 is 10.2 Å². The summed E-state index contributed by atoms with van der Waals surface area (Å²) >= 11 is 0. The maximum absolute atomic E-state index is 11.6. The summed E-state index contributed by atoms with van der Waals surface area (Å²) in [5, 5.41) is 8.74. The van der Waals surface area contributed by atoms with Gasteiger partial charge in [-0.2, -0.15) is 0 Å². The van der Waals surface area contributed by atoms with E-state index in [0.717, 1.165) is 0 Å². The molecule has 5 nitrogen and oxygen atoms in total. The van der Waals surface area contributed by atoms with Crippen molar-refractivity contribution in [2.24, 2.45) is 0 Å². The van der Waals surface area contributed by atoms with Crippen molar-refractivity contribution in [3.8, 4) is 17.0 Å². The summed E-state index contributed by atoms with van der Waals surface area (Å²) < 4.78 is 5.16. The summed E-state index contributed by atoms with van der Waals surface area (Å²) in [7, 11) is 1.51. The summed E-state index contributed by atoms with van der Waals surface area (Å²) in [6.07, 6.45) is 1.61. The highest BCUT2D eigenvalue weighted by Gasteiger charge is 2.14. The minimum Gasteiger partial charge on any atom is -0.481 e. The summed E-state index contributed by atoms with van der Waals surface area (Å²) in [6, 6.07) is 10.5. The van der Waals surface area contributed by atoms with E-state index in [1.54, 1.807) is 48.1 Å². The number of nitrogens with zero attached hydrogens (tertiary/aromatic N) is 1. The normalized spacial score (nSPS) is 9.89. The van der Waals surface area contributed by atoms with Gasteiger partial charge in [0.05, 0.1) is 7.11 Å². The van der Waals surface area contributed by atoms with E-state index in [-0.39, 0.29) is 0 Å². The number of hydrogen-bond acceptors (Lipinski definition) is 4. The monoisotopic (exact) mass is 244 g/mol. The Kier molecular flexibility index (Phi) is 3.54. The Morgan fingerprint density at radius 2 is 1.94 bits per heavy atom. The lowest BCUT2D eigenvalue weighted by Crippen LogP contribution is -2.19. The van der Waals surface area contributed by atoms with E-state index >= 15 is 0 Å². The van der Waals surface area contributed by atoms with E-state index in [0.29, 0.717) is 22.6 Å². The third kappa shape index (κ3) is 2.16. The first-order valence-corrected chi connectivity index (χ1v) is 5.30. The van der Waals surface area contributed by atoms with Crippen LogP contribution in [0.3, 0.4) is 0 Å². The summed E-state index contributed by atoms with van der Waals surface area (Å²) in [6.45, 7) is 0. The molecule has 0 aliphatic heterocycles. The molecule has 0 aliphatic carbocycles. The van der Waals surface area contributed by atoms with Crippen molar-refractivity contribution >= 4 is 5.91 Å². The standard InChI is InChI=1S/C13H12N2O3/c1-18-13-11(7-4-8-14-13)9-5-2-3-6-10(9)12(16)15-17/h2-8,17H,1H3,(H,15,16). The van der Waals surface area contributed by atoms with Crippen LogP contribution in [-0.4, -0.2) is 23.2 Å². The topological polar surface area (TPSA) is 71.5 Å². The van der Waals surface area contributed by atoms with Crippen LogP contribution in [0, 0.1) is 0 Å². The molecule has 18 heavy (non-hydrogen) atoms. The van der Waals surface area contributed by atoms with Crippen molar-refractivity contribution in [1.82, 2.24) is 10.5 Å². The quantitative estimate of drug-likeness (QED) is 0.638. The van der Waals surface area contributed by atoms with Crippen LogP contribution >= 0.6 is 0 Å². The maximum Gasteiger partial charge on any atom is 0.275 e. The molecule has 0 atom stereocenters. The van der Waals surface area contributed by atoms with Gasteiger partial charge in [0, 0.05) is 17.3 Å². The van der Waals surface area contributed by atoms with Gasteiger partial charge in [-0.15, -0.1) is 0 Å². The third-order valence-electron chi connectivity index (χ3n) is 2.53. The fourth-order valence-electron chi connectivity index (χ4n) is 1.73. The van der Waals surface area contributed by atoms with Gasteiger partial charge in [0.25, 0.3) is 5.91 Å². The molecule has 1 aromatic heterocycles. The first-order chi connectivity index (χ1) is 8.77. The average molecular weight is 244 g/mol. The predicted molar refractivity (Wildman–Crippen MR) is 65.5 cm³/mol. The number of carbonyl (C=O) groups excluding carboxylic acids is 1. The number of amides is 1. The van der Waals surface area contributed by atoms with E-state index in [4.69, 9.17) is 9.94 Å². The predicted octanol–water partition coefficient (Wildman–Crippen LogP) is 1.88. The number of rotatable bonds is 3. The zero-order chi connectivity index (χ0) is 13.0. The van der Waals surface area contributed by atoms with Crippen LogP contribution in [0.25, 0.3) is 11.1 Å². The molecule has 0 bridgehead atoms. The number of pyridine rings is 1. The first kappa shape index (κ1) is 12.1. The van der Waals surface area contributed by atoms with Gasteiger partial charge in [-0.05, 0) is 23.8 Å². The van der Waals surface area contributed by atoms with Gasteiger partial charge in [-0.1, -0.05) is 18.2 Å². The van der Waals surface area contributed by atoms with Crippen molar-refractivity contribution in [3.63, 3.8) is 0 Å². The number of methoxy groups -OCH3 is 1. The maximum atomic E-state index is 11.6. The molecule has 0 saturated carbocycles. The molecule has 0 saturated heterocycles. The van der Waals surface area contributed by atoms with Gasteiger partial charge < -0.3 is 4.74 Å². The minimum absolute atomic E-state index is 0.353. The Hall–Kier alpha value is -2.40. The largest absolute Gasteiger partial charge is 0.481 e. The molecule has 1 aromatic carbocycles. The molecule has 1 heterocycles. The van der Waals surface area contributed by atoms with Gasteiger partial charge in [0.15, 0.2) is 0 Å². The van der Waals surface area contributed by atoms with Crippen molar-refractivity contribution in [2.75, 3.05) is 7.11 Å². The van der Waals surface area contributed by atoms with Gasteiger partial charge in [-0.25, -0.2) is 10.5 Å². The highest BCUT2D eigenvalue weighted by Crippen LogP contribution is 2.30. The SMILES string of the molecule is COc1ncccc1-c1ccccc1C(=O)NO. The number of benzene rings is 1. The van der Waals surface area contributed by atoms with Crippen molar-refractivity contribution < 1.29 is 14.7 Å². The number of nitrogens with one attached hydrogen (secondary N) is 1. The lowest BCUT2D eigenvalue weighted by molar-refractivity contribution is 0.0707. The van der Waals surface area contributed by atoms with Crippen LogP contribution in [-0.2, 0) is 0 Å². The van der Waals surface area contributed by atoms with Gasteiger partial charge in [0.2, 0.25) is 5.88 Å². The second kappa shape index (κ2) is 5.29. The Labute approximate surface area is 104 Å². The van der Waals surface area contributed by atoms with Crippen LogP contribution in [0.2, 0.25) is 0 Å². The molecule has 0 fully saturated rings. The molecule has 5 heteroatoms. The highest BCUT2D eigenvalue weighted by atomic mass is 16.5. The fraction of sp³-hybridized carbons (Fsp3) is 0.0769. The van der Waals surface area contributed by atoms with Gasteiger partial charge in [0.1, 0.15) is 0 Å². The van der Waals surface area contributed by atoms with Crippen LogP contribution in [0.1, 0.15) is 10.4 Å². The molecule has 2 rings (SSSR count). The summed E-state index contributed by atoms with van der Waals surface area (Å²) in [5.74, 6) is -0.146. The van der Waals surface area contributed by atoms with Crippen LogP contribution in [0.15, 0.2) is 42.6 Å². The number of hydrogen-bond donors (Lipinski definition) is 2. The van der Waals surface area contributed by atoms with E-state index in [2.05, 4.69) is 4.98 Å². The zero-order valence-electron chi connectivity index (χ0n) is 9.75. The van der Waals surface area contributed by atoms with E-state index < -0.39 is 5.91 Å². The fourth-order valence-corrected chi connectivity index (χ4v) is 1.73. The van der Waals surface area contributed by atoms with E-state index in [1.807, 2.05) is 0 Å². The smallest absolute Gasteiger partial charge is 0.275 e. The molecule has 1 amide bonds. The van der Waals surface area contributed by atoms with Crippen molar-refractivity contribution in [2.45, 2.75) is 0 Å². The highest BCUT2D eigenvalue weighted by molar-refractivity contribution is 6.00. The molecular weight excluding hydrogens is 232 g/mol. The lowest BCUT2D eigenvalue weighted by atomic mass is 10.0. The number of carbonyl (C=O) groups is 1. The molecule has 2 N–H and O–H groups in total. The minimum atomic E-state index is -0.573. The lowest BCUT2D eigenvalue weighted by Gasteiger charge is -2.10. The summed E-state index contributed by atoms with van der Waals surface area (Å²) in [4.78, 5) is 15.7. The van der Waals surface area contributed by atoms with Gasteiger partial charge >= 0.3 is 0 Å². The number of aromatic nitrogens is 1. The Bertz CT molecular complexity index is 570. The van der Waals surface area contributed by atoms with Crippen LogP contribution in [0.5, 0.6) is 5.88 Å². The molecular formula is C13H12N2O3. The Morgan fingerprint density at radius 1 is 1.22 bits per heavy atom. The molecule has 0 radical (unpaired) electrons. The average Bonchev–Trinajstić information content (AvgIpc) is 2.46. The van der Waals surface area contributed by atoms with Crippen molar-refractivity contribution in [1.29, 1.82) is 0 Å². The second-order valence-electron chi connectivity index (χ2n) is 3.55. The molecule has 0 aliphatic rings. The second-order valence-corrected chi connectivity index (χ2v) is 3.55. The molecule has 0 spiro atoms. The Balaban J connectivity index is 2.60. The van der Waals surface area contributed by atoms with Gasteiger partial charge in [-0.3, -0.25) is 10.0 Å². The van der Waals surface area contributed by atoms with E-state index in [1.165, 1.54) is 7.11 Å². The Morgan fingerprint density at radius 3 is 2.67 bits per heavy atom. The van der Waals surface area contributed by atoms with Crippen LogP contribution in [0.4, 0.5) is 0 Å². The third-order valence-corrected chi connectivity index (χ3v) is 2.53. The molecule has 0 unspecified atom stereocenters. The summed E-state index contributed by atoms with van der Waals surface area (Å²) in [5.41, 5.74) is 3.32. The first-order valence-electron chi connectivity index (χ1n) is 5.30. The zero-order valence-corrected chi connectivity index (χ0v) is 9.75. The molecule has 2 aromatic rings. The molecule has 92 valence electrons.